The molecule has 1 aliphatic heterocycles. The Bertz CT molecular complexity index is 632. The smallest absolute Gasteiger partial charge is 0.227 e. The zero-order valence-electron chi connectivity index (χ0n) is 11.3. The third-order valence-corrected chi connectivity index (χ3v) is 3.72. The molecule has 1 saturated heterocycles. The van der Waals surface area contributed by atoms with Gasteiger partial charge in [-0.3, -0.25) is 4.79 Å². The quantitative estimate of drug-likeness (QED) is 0.857. The molecule has 5 heteroatoms. The molecule has 2 aromatic rings. The molecular formula is C15H16FN3O. The molecule has 3 rings (SSSR count). The van der Waals surface area contributed by atoms with Gasteiger partial charge in [0, 0.05) is 25.5 Å². The first-order chi connectivity index (χ1) is 9.63. The van der Waals surface area contributed by atoms with Crippen molar-refractivity contribution in [3.8, 4) is 0 Å². The Kier molecular flexibility index (Phi) is 3.26. The predicted octanol–water partition coefficient (Wildman–Crippen LogP) is 1.96. The molecule has 2 heterocycles. The van der Waals surface area contributed by atoms with Crippen LogP contribution >= 0.6 is 0 Å². The van der Waals surface area contributed by atoms with E-state index in [0.29, 0.717) is 19.1 Å². The van der Waals surface area contributed by atoms with Gasteiger partial charge in [-0.25, -0.2) is 9.37 Å². The summed E-state index contributed by atoms with van der Waals surface area (Å²) in [5.74, 6) is 0.711. The summed E-state index contributed by atoms with van der Waals surface area (Å²) in [6.45, 7) is 3.36. The molecule has 1 fully saturated rings. The summed E-state index contributed by atoms with van der Waals surface area (Å²) < 4.78 is 15.2. The van der Waals surface area contributed by atoms with Crippen molar-refractivity contribution in [2.75, 3.05) is 13.1 Å². The Hall–Kier alpha value is -2.17. The van der Waals surface area contributed by atoms with Crippen molar-refractivity contribution >= 4 is 5.91 Å². The number of carbonyl (C=O) groups is 1. The van der Waals surface area contributed by atoms with Crippen LogP contribution < -0.4 is 0 Å². The SMILES string of the molecule is Cc1nccn1C1CN(C(=O)Cc2cccc(F)c2)C1. The Balaban J connectivity index is 1.57. The van der Waals surface area contributed by atoms with Crippen LogP contribution in [-0.4, -0.2) is 33.4 Å². The van der Waals surface area contributed by atoms with Crippen LogP contribution in [0.15, 0.2) is 36.7 Å². The molecule has 0 atom stereocenters. The number of aryl methyl sites for hydroxylation is 1. The van der Waals surface area contributed by atoms with Gasteiger partial charge < -0.3 is 9.47 Å². The molecule has 0 N–H and O–H groups in total. The van der Waals surface area contributed by atoms with E-state index in [0.717, 1.165) is 11.4 Å². The number of hydrogen-bond acceptors (Lipinski definition) is 2. The summed E-state index contributed by atoms with van der Waals surface area (Å²) in [6.07, 6.45) is 3.97. The van der Waals surface area contributed by atoms with Gasteiger partial charge in [0.25, 0.3) is 0 Å². The summed E-state index contributed by atoms with van der Waals surface area (Å²) in [4.78, 5) is 18.1. The highest BCUT2D eigenvalue weighted by molar-refractivity contribution is 5.79. The second-order valence-electron chi connectivity index (χ2n) is 5.14. The molecule has 1 aliphatic rings. The lowest BCUT2D eigenvalue weighted by Gasteiger charge is -2.40. The normalized spacial score (nSPS) is 15.2. The minimum atomic E-state index is -0.300. The van der Waals surface area contributed by atoms with Gasteiger partial charge in [0.1, 0.15) is 11.6 Å². The highest BCUT2D eigenvalue weighted by atomic mass is 19.1. The molecule has 0 aliphatic carbocycles. The van der Waals surface area contributed by atoms with Crippen LogP contribution in [0.2, 0.25) is 0 Å². The van der Waals surface area contributed by atoms with Gasteiger partial charge in [-0.2, -0.15) is 0 Å². The fourth-order valence-corrected chi connectivity index (χ4v) is 2.54. The number of aromatic nitrogens is 2. The predicted molar refractivity (Wildman–Crippen MR) is 72.7 cm³/mol. The first-order valence-electron chi connectivity index (χ1n) is 6.65. The van der Waals surface area contributed by atoms with Gasteiger partial charge >= 0.3 is 0 Å². The number of nitrogens with zero attached hydrogens (tertiary/aromatic N) is 3. The lowest BCUT2D eigenvalue weighted by atomic mass is 10.1. The van der Waals surface area contributed by atoms with E-state index in [-0.39, 0.29) is 18.1 Å². The van der Waals surface area contributed by atoms with Gasteiger partial charge in [-0.15, -0.1) is 0 Å². The number of likely N-dealkylation sites (tertiary alicyclic amines) is 1. The second-order valence-corrected chi connectivity index (χ2v) is 5.14. The standard InChI is InChI=1S/C15H16FN3O/c1-11-17-5-6-19(11)14-9-18(10-14)15(20)8-12-3-2-4-13(16)7-12/h2-7,14H,8-10H2,1H3. The first-order valence-corrected chi connectivity index (χ1v) is 6.65. The van der Waals surface area contributed by atoms with Crippen molar-refractivity contribution in [1.82, 2.24) is 14.5 Å². The van der Waals surface area contributed by atoms with Gasteiger partial charge in [-0.1, -0.05) is 12.1 Å². The maximum absolute atomic E-state index is 13.1. The molecule has 0 spiro atoms. The summed E-state index contributed by atoms with van der Waals surface area (Å²) in [5.41, 5.74) is 0.720. The Morgan fingerprint density at radius 3 is 2.90 bits per heavy atom. The van der Waals surface area contributed by atoms with Gasteiger partial charge in [0.2, 0.25) is 5.91 Å². The fourth-order valence-electron chi connectivity index (χ4n) is 2.54. The number of hydrogen-bond donors (Lipinski definition) is 0. The summed E-state index contributed by atoms with van der Waals surface area (Å²) in [7, 11) is 0. The van der Waals surface area contributed by atoms with Crippen LogP contribution in [0.1, 0.15) is 17.4 Å². The Morgan fingerprint density at radius 2 is 2.25 bits per heavy atom. The molecule has 4 nitrogen and oxygen atoms in total. The minimum absolute atomic E-state index is 0.0459. The minimum Gasteiger partial charge on any atom is -0.338 e. The molecule has 1 aromatic carbocycles. The van der Waals surface area contributed by atoms with Crippen LogP contribution in [0.5, 0.6) is 0 Å². The van der Waals surface area contributed by atoms with E-state index in [9.17, 15) is 9.18 Å². The van der Waals surface area contributed by atoms with Crippen molar-refractivity contribution in [1.29, 1.82) is 0 Å². The van der Waals surface area contributed by atoms with Crippen molar-refractivity contribution < 1.29 is 9.18 Å². The van der Waals surface area contributed by atoms with Crippen LogP contribution in [0.3, 0.4) is 0 Å². The maximum Gasteiger partial charge on any atom is 0.227 e. The van der Waals surface area contributed by atoms with Crippen molar-refractivity contribution in [2.45, 2.75) is 19.4 Å². The highest BCUT2D eigenvalue weighted by Gasteiger charge is 2.32. The Labute approximate surface area is 116 Å². The van der Waals surface area contributed by atoms with E-state index in [4.69, 9.17) is 0 Å². The molecule has 0 saturated carbocycles. The van der Waals surface area contributed by atoms with E-state index in [1.54, 1.807) is 23.2 Å². The van der Waals surface area contributed by atoms with Crippen LogP contribution in [-0.2, 0) is 11.2 Å². The zero-order valence-corrected chi connectivity index (χ0v) is 11.3. The number of carbonyl (C=O) groups excluding carboxylic acids is 1. The third kappa shape index (κ3) is 2.43. The second kappa shape index (κ2) is 5.07. The summed E-state index contributed by atoms with van der Waals surface area (Å²) in [6, 6.07) is 6.52. The van der Waals surface area contributed by atoms with E-state index in [1.165, 1.54) is 12.1 Å². The van der Waals surface area contributed by atoms with Crippen molar-refractivity contribution in [3.63, 3.8) is 0 Å². The number of halogens is 1. The van der Waals surface area contributed by atoms with E-state index >= 15 is 0 Å². The van der Waals surface area contributed by atoms with Crippen LogP contribution in [0.4, 0.5) is 4.39 Å². The average Bonchev–Trinajstić information content (AvgIpc) is 2.74. The van der Waals surface area contributed by atoms with E-state index in [1.807, 2.05) is 13.1 Å². The van der Waals surface area contributed by atoms with Gasteiger partial charge in [-0.05, 0) is 24.6 Å². The fraction of sp³-hybridized carbons (Fsp3) is 0.333. The van der Waals surface area contributed by atoms with E-state index in [2.05, 4.69) is 9.55 Å². The van der Waals surface area contributed by atoms with Crippen molar-refractivity contribution in [2.24, 2.45) is 0 Å². The molecular weight excluding hydrogens is 257 g/mol. The van der Waals surface area contributed by atoms with Crippen LogP contribution in [0, 0.1) is 12.7 Å². The number of benzene rings is 1. The zero-order chi connectivity index (χ0) is 14.1. The molecule has 104 valence electrons. The molecule has 1 amide bonds. The van der Waals surface area contributed by atoms with Gasteiger partial charge in [0.15, 0.2) is 0 Å². The summed E-state index contributed by atoms with van der Waals surface area (Å²) >= 11 is 0. The lowest BCUT2D eigenvalue weighted by molar-refractivity contribution is -0.136. The number of rotatable bonds is 3. The van der Waals surface area contributed by atoms with Gasteiger partial charge in [0.05, 0.1) is 12.5 Å². The highest BCUT2D eigenvalue weighted by Crippen LogP contribution is 2.23. The molecule has 0 bridgehead atoms. The number of amides is 1. The maximum atomic E-state index is 13.1. The lowest BCUT2D eigenvalue weighted by Crippen LogP contribution is -2.51. The average molecular weight is 273 g/mol. The largest absolute Gasteiger partial charge is 0.338 e. The Morgan fingerprint density at radius 1 is 1.45 bits per heavy atom. The third-order valence-electron chi connectivity index (χ3n) is 3.72. The molecule has 0 unspecified atom stereocenters. The van der Waals surface area contributed by atoms with Crippen LogP contribution in [0.25, 0.3) is 0 Å². The first kappa shape index (κ1) is 12.8. The number of imidazole rings is 1. The molecule has 20 heavy (non-hydrogen) atoms. The monoisotopic (exact) mass is 273 g/mol. The topological polar surface area (TPSA) is 38.1 Å². The van der Waals surface area contributed by atoms with Crippen molar-refractivity contribution in [3.05, 3.63) is 53.9 Å². The molecule has 0 radical (unpaired) electrons. The molecule has 1 aromatic heterocycles. The summed E-state index contributed by atoms with van der Waals surface area (Å²) in [5, 5.41) is 0. The van der Waals surface area contributed by atoms with E-state index < -0.39 is 0 Å².